The number of nitrogens with zero attached hydrogens (tertiary/aromatic N) is 2. The molecule has 5 aromatic rings. The summed E-state index contributed by atoms with van der Waals surface area (Å²) < 4.78 is 2.05. The van der Waals surface area contributed by atoms with Gasteiger partial charge in [-0.3, -0.25) is 4.40 Å². The van der Waals surface area contributed by atoms with E-state index in [1.165, 1.54) is 0 Å². The molecule has 3 aromatic carbocycles. The fourth-order valence-corrected chi connectivity index (χ4v) is 3.52. The van der Waals surface area contributed by atoms with Gasteiger partial charge in [-0.05, 0) is 29.0 Å². The minimum Gasteiger partial charge on any atom is -0.507 e. The Morgan fingerprint density at radius 2 is 1.50 bits per heavy atom. The van der Waals surface area contributed by atoms with Crippen LogP contribution in [0.3, 0.4) is 0 Å². The SMILES string of the molecule is Oc1ccc2ccccc2c1-c1nc(-c2ccccc2)c2ccccn12. The predicted octanol–water partition coefficient (Wildman–Crippen LogP) is 5.53. The highest BCUT2D eigenvalue weighted by Gasteiger charge is 2.18. The molecule has 0 saturated carbocycles. The fraction of sp³-hybridized carbons (Fsp3) is 0. The van der Waals surface area contributed by atoms with Gasteiger partial charge in [-0.2, -0.15) is 0 Å². The van der Waals surface area contributed by atoms with Crippen LogP contribution >= 0.6 is 0 Å². The van der Waals surface area contributed by atoms with Crippen molar-refractivity contribution in [1.82, 2.24) is 9.38 Å². The van der Waals surface area contributed by atoms with Crippen molar-refractivity contribution < 1.29 is 5.11 Å². The Morgan fingerprint density at radius 1 is 0.731 bits per heavy atom. The second-order valence-electron chi connectivity index (χ2n) is 6.29. The Morgan fingerprint density at radius 3 is 2.38 bits per heavy atom. The Hall–Kier alpha value is -3.59. The summed E-state index contributed by atoms with van der Waals surface area (Å²) in [6.07, 6.45) is 1.99. The van der Waals surface area contributed by atoms with Gasteiger partial charge in [0.25, 0.3) is 0 Å². The van der Waals surface area contributed by atoms with E-state index in [1.807, 2.05) is 71.3 Å². The molecule has 0 aliphatic carbocycles. The van der Waals surface area contributed by atoms with Gasteiger partial charge in [-0.15, -0.1) is 0 Å². The third kappa shape index (κ3) is 2.18. The van der Waals surface area contributed by atoms with Crippen molar-refractivity contribution in [2.75, 3.05) is 0 Å². The van der Waals surface area contributed by atoms with Crippen molar-refractivity contribution in [1.29, 1.82) is 0 Å². The highest BCUT2D eigenvalue weighted by Crippen LogP contribution is 2.38. The van der Waals surface area contributed by atoms with Crippen LogP contribution in [0.2, 0.25) is 0 Å². The van der Waals surface area contributed by atoms with Gasteiger partial charge in [0.05, 0.1) is 16.8 Å². The van der Waals surface area contributed by atoms with E-state index in [9.17, 15) is 5.11 Å². The zero-order chi connectivity index (χ0) is 17.5. The number of phenols is 1. The van der Waals surface area contributed by atoms with Gasteiger partial charge in [0, 0.05) is 11.8 Å². The molecule has 0 amide bonds. The minimum atomic E-state index is 0.235. The molecular formula is C23H16N2O. The number of fused-ring (bicyclic) bond motifs is 2. The molecule has 0 aliphatic rings. The fourth-order valence-electron chi connectivity index (χ4n) is 3.52. The average molecular weight is 336 g/mol. The highest BCUT2D eigenvalue weighted by atomic mass is 16.3. The standard InChI is InChI=1S/C23H16N2O/c26-20-14-13-16-8-4-5-11-18(16)21(20)23-24-22(17-9-2-1-3-10-17)19-12-6-7-15-25(19)23/h1-15,26H. The Balaban J connectivity index is 1.89. The van der Waals surface area contributed by atoms with Crippen LogP contribution in [0, 0.1) is 0 Å². The lowest BCUT2D eigenvalue weighted by Crippen LogP contribution is -1.90. The molecule has 0 fully saturated rings. The van der Waals surface area contributed by atoms with Crippen molar-refractivity contribution in [2.24, 2.45) is 0 Å². The first-order valence-electron chi connectivity index (χ1n) is 8.56. The lowest BCUT2D eigenvalue weighted by Gasteiger charge is -2.08. The van der Waals surface area contributed by atoms with Crippen molar-refractivity contribution >= 4 is 16.3 Å². The summed E-state index contributed by atoms with van der Waals surface area (Å²) in [5.74, 6) is 0.979. The average Bonchev–Trinajstić information content (AvgIpc) is 3.08. The lowest BCUT2D eigenvalue weighted by molar-refractivity contribution is 0.477. The summed E-state index contributed by atoms with van der Waals surface area (Å²) in [6, 6.07) is 27.9. The maximum absolute atomic E-state index is 10.6. The van der Waals surface area contributed by atoms with E-state index in [0.717, 1.165) is 38.9 Å². The van der Waals surface area contributed by atoms with Crippen molar-refractivity contribution in [2.45, 2.75) is 0 Å². The molecule has 3 heteroatoms. The van der Waals surface area contributed by atoms with E-state index in [0.29, 0.717) is 0 Å². The van der Waals surface area contributed by atoms with Gasteiger partial charge in [-0.25, -0.2) is 4.98 Å². The van der Waals surface area contributed by atoms with Crippen molar-refractivity contribution in [3.63, 3.8) is 0 Å². The quantitative estimate of drug-likeness (QED) is 0.460. The number of rotatable bonds is 2. The molecule has 0 unspecified atom stereocenters. The molecule has 2 heterocycles. The number of phenolic OH excluding ortho intramolecular Hbond substituents is 1. The molecule has 2 aromatic heterocycles. The topological polar surface area (TPSA) is 37.5 Å². The van der Waals surface area contributed by atoms with E-state index >= 15 is 0 Å². The van der Waals surface area contributed by atoms with Crippen LogP contribution in [-0.4, -0.2) is 14.5 Å². The number of imidazole rings is 1. The first kappa shape index (κ1) is 14.7. The number of hydrogen-bond acceptors (Lipinski definition) is 2. The first-order valence-corrected chi connectivity index (χ1v) is 8.56. The van der Waals surface area contributed by atoms with Gasteiger partial charge in [0.1, 0.15) is 11.6 Å². The van der Waals surface area contributed by atoms with Crippen LogP contribution in [0.15, 0.2) is 91.1 Å². The van der Waals surface area contributed by atoms with Gasteiger partial charge in [-0.1, -0.05) is 66.7 Å². The lowest BCUT2D eigenvalue weighted by atomic mass is 10.0. The van der Waals surface area contributed by atoms with E-state index in [2.05, 4.69) is 18.2 Å². The normalized spacial score (nSPS) is 11.2. The van der Waals surface area contributed by atoms with Gasteiger partial charge < -0.3 is 5.11 Å². The zero-order valence-corrected chi connectivity index (χ0v) is 14.0. The smallest absolute Gasteiger partial charge is 0.149 e. The Labute approximate surface area is 150 Å². The van der Waals surface area contributed by atoms with Crippen LogP contribution in [0.5, 0.6) is 5.75 Å². The number of benzene rings is 3. The maximum atomic E-state index is 10.6. The highest BCUT2D eigenvalue weighted by molar-refractivity contribution is 5.99. The second kappa shape index (κ2) is 5.74. The third-order valence-corrected chi connectivity index (χ3v) is 4.73. The van der Waals surface area contributed by atoms with Crippen LogP contribution in [0.4, 0.5) is 0 Å². The molecule has 0 atom stereocenters. The monoisotopic (exact) mass is 336 g/mol. The van der Waals surface area contributed by atoms with Crippen molar-refractivity contribution in [3.8, 4) is 28.4 Å². The summed E-state index contributed by atoms with van der Waals surface area (Å²) in [6.45, 7) is 0. The summed E-state index contributed by atoms with van der Waals surface area (Å²) in [7, 11) is 0. The molecule has 0 saturated heterocycles. The minimum absolute atomic E-state index is 0.235. The van der Waals surface area contributed by atoms with E-state index in [4.69, 9.17) is 4.98 Å². The summed E-state index contributed by atoms with van der Waals surface area (Å²) in [5, 5.41) is 12.7. The summed E-state index contributed by atoms with van der Waals surface area (Å²) >= 11 is 0. The van der Waals surface area contributed by atoms with Gasteiger partial charge in [0.15, 0.2) is 0 Å². The predicted molar refractivity (Wildman–Crippen MR) is 105 cm³/mol. The molecule has 0 spiro atoms. The van der Waals surface area contributed by atoms with E-state index in [1.54, 1.807) is 6.07 Å². The number of hydrogen-bond donors (Lipinski definition) is 1. The largest absolute Gasteiger partial charge is 0.507 e. The van der Waals surface area contributed by atoms with Crippen molar-refractivity contribution in [3.05, 3.63) is 91.1 Å². The third-order valence-electron chi connectivity index (χ3n) is 4.73. The molecule has 5 rings (SSSR count). The molecule has 0 bridgehead atoms. The van der Waals surface area contributed by atoms with Crippen LogP contribution in [0.25, 0.3) is 38.9 Å². The molecular weight excluding hydrogens is 320 g/mol. The Bertz CT molecular complexity index is 1240. The summed E-state index contributed by atoms with van der Waals surface area (Å²) in [5.41, 5.74) is 3.74. The van der Waals surface area contributed by atoms with Crippen LogP contribution in [-0.2, 0) is 0 Å². The molecule has 3 nitrogen and oxygen atoms in total. The molecule has 26 heavy (non-hydrogen) atoms. The second-order valence-corrected chi connectivity index (χ2v) is 6.29. The van der Waals surface area contributed by atoms with Gasteiger partial charge >= 0.3 is 0 Å². The van der Waals surface area contributed by atoms with Crippen LogP contribution < -0.4 is 0 Å². The Kier molecular flexibility index (Phi) is 3.25. The molecule has 0 radical (unpaired) electrons. The van der Waals surface area contributed by atoms with E-state index in [-0.39, 0.29) is 5.75 Å². The molecule has 1 N–H and O–H groups in total. The van der Waals surface area contributed by atoms with Crippen LogP contribution in [0.1, 0.15) is 0 Å². The number of aromatic nitrogens is 2. The zero-order valence-electron chi connectivity index (χ0n) is 14.0. The first-order chi connectivity index (χ1) is 12.8. The number of aromatic hydroxyl groups is 1. The molecule has 124 valence electrons. The van der Waals surface area contributed by atoms with E-state index < -0.39 is 0 Å². The number of pyridine rings is 1. The molecule has 0 aliphatic heterocycles. The summed E-state index contributed by atoms with van der Waals surface area (Å²) in [4.78, 5) is 4.94. The van der Waals surface area contributed by atoms with Gasteiger partial charge in [0.2, 0.25) is 0 Å². The maximum Gasteiger partial charge on any atom is 0.149 e.